The summed E-state index contributed by atoms with van der Waals surface area (Å²) in [6, 6.07) is -0.972. The number of rotatable bonds is 6. The molecule has 1 heterocycles. The van der Waals surface area contributed by atoms with E-state index >= 15 is 0 Å². The first-order chi connectivity index (χ1) is 7.60. The maximum Gasteiger partial charge on any atom is 0.325 e. The zero-order valence-corrected chi connectivity index (χ0v) is 9.49. The third-order valence-electron chi connectivity index (χ3n) is 2.32. The molecule has 16 heavy (non-hydrogen) atoms. The summed E-state index contributed by atoms with van der Waals surface area (Å²) in [6.07, 6.45) is 1.40. The van der Waals surface area contributed by atoms with Crippen LogP contribution in [0.5, 0.6) is 0 Å². The Hall–Kier alpha value is -1.43. The van der Waals surface area contributed by atoms with Crippen molar-refractivity contribution in [1.29, 1.82) is 0 Å². The van der Waals surface area contributed by atoms with E-state index in [9.17, 15) is 14.4 Å². The van der Waals surface area contributed by atoms with E-state index in [2.05, 4.69) is 10.1 Å². The molecule has 1 aliphatic heterocycles. The van der Waals surface area contributed by atoms with Crippen LogP contribution < -0.4 is 5.32 Å². The van der Waals surface area contributed by atoms with Gasteiger partial charge in [-0.1, -0.05) is 13.3 Å². The first-order valence-corrected chi connectivity index (χ1v) is 5.22. The maximum absolute atomic E-state index is 11.7. The molecule has 1 rings (SSSR count). The van der Waals surface area contributed by atoms with E-state index in [0.29, 0.717) is 6.42 Å². The minimum atomic E-state index is -0.493. The normalized spacial score (nSPS) is 20.1. The molecule has 1 fully saturated rings. The summed E-state index contributed by atoms with van der Waals surface area (Å²) in [5, 5.41) is 2.55. The van der Waals surface area contributed by atoms with Gasteiger partial charge in [0.2, 0.25) is 0 Å². The number of nitrogens with zero attached hydrogens (tertiary/aromatic N) is 1. The molecule has 90 valence electrons. The number of methoxy groups -OCH3 is 1. The highest BCUT2D eigenvalue weighted by Gasteiger charge is 2.37. The smallest absolute Gasteiger partial charge is 0.325 e. The van der Waals surface area contributed by atoms with Gasteiger partial charge in [-0.25, -0.2) is 4.79 Å². The number of Topliss-reactive ketones (excluding diaryl/α,β-unsaturated/α-hetero) is 1. The van der Waals surface area contributed by atoms with Crippen molar-refractivity contribution in [1.82, 2.24) is 10.2 Å². The van der Waals surface area contributed by atoms with Gasteiger partial charge in [0, 0.05) is 7.11 Å². The topological polar surface area (TPSA) is 75.7 Å². The molecule has 0 spiro atoms. The van der Waals surface area contributed by atoms with Gasteiger partial charge in [-0.2, -0.15) is 0 Å². The highest BCUT2D eigenvalue weighted by Crippen LogP contribution is 2.10. The third-order valence-corrected chi connectivity index (χ3v) is 2.32. The summed E-state index contributed by atoms with van der Waals surface area (Å²) >= 11 is 0. The van der Waals surface area contributed by atoms with Crippen LogP contribution in [0.25, 0.3) is 0 Å². The molecule has 1 atom stereocenters. The fourth-order valence-corrected chi connectivity index (χ4v) is 1.59. The molecule has 6 nitrogen and oxygen atoms in total. The number of ether oxygens (including phenoxy) is 1. The van der Waals surface area contributed by atoms with Crippen LogP contribution in [0.2, 0.25) is 0 Å². The number of carbonyl (C=O) groups is 3. The predicted molar refractivity (Wildman–Crippen MR) is 55.8 cm³/mol. The summed E-state index contributed by atoms with van der Waals surface area (Å²) < 4.78 is 4.64. The monoisotopic (exact) mass is 228 g/mol. The molecule has 1 aliphatic rings. The molecular formula is C10H16N2O4. The molecule has 0 radical (unpaired) electrons. The van der Waals surface area contributed by atoms with Crippen molar-refractivity contribution < 1.29 is 19.1 Å². The fraction of sp³-hybridized carbons (Fsp3) is 0.700. The molecule has 0 aromatic carbocycles. The SMILES string of the molecule is CCCC1NC(=O)N(CC(=O)COC)C1=O. The molecule has 1 saturated heterocycles. The second-order valence-corrected chi connectivity index (χ2v) is 3.69. The van der Waals surface area contributed by atoms with Gasteiger partial charge in [-0.05, 0) is 6.42 Å². The molecule has 0 bridgehead atoms. The standard InChI is InChI=1S/C10H16N2O4/c1-3-4-8-9(14)12(10(15)11-8)5-7(13)6-16-2/h8H,3-6H2,1-2H3,(H,11,15). The van der Waals surface area contributed by atoms with Gasteiger partial charge in [0.1, 0.15) is 12.6 Å². The number of imide groups is 1. The van der Waals surface area contributed by atoms with Crippen LogP contribution in [0, 0.1) is 0 Å². The number of hydrogen-bond acceptors (Lipinski definition) is 4. The van der Waals surface area contributed by atoms with E-state index in [0.717, 1.165) is 11.3 Å². The van der Waals surface area contributed by atoms with Crippen LogP contribution in [0.15, 0.2) is 0 Å². The Morgan fingerprint density at radius 2 is 2.19 bits per heavy atom. The quantitative estimate of drug-likeness (QED) is 0.645. The Bertz CT molecular complexity index is 303. The van der Waals surface area contributed by atoms with Gasteiger partial charge < -0.3 is 10.1 Å². The van der Waals surface area contributed by atoms with Crippen LogP contribution in [0.4, 0.5) is 4.79 Å². The lowest BCUT2D eigenvalue weighted by molar-refractivity contribution is -0.132. The summed E-state index contributed by atoms with van der Waals surface area (Å²) in [5.74, 6) is -0.612. The Kier molecular flexibility index (Phi) is 4.42. The zero-order valence-electron chi connectivity index (χ0n) is 9.49. The number of amides is 3. The number of hydrogen-bond donors (Lipinski definition) is 1. The van der Waals surface area contributed by atoms with E-state index < -0.39 is 12.1 Å². The first-order valence-electron chi connectivity index (χ1n) is 5.22. The minimum absolute atomic E-state index is 0.0878. The van der Waals surface area contributed by atoms with Crippen molar-refractivity contribution >= 4 is 17.7 Å². The van der Waals surface area contributed by atoms with Crippen molar-refractivity contribution in [3.05, 3.63) is 0 Å². The van der Waals surface area contributed by atoms with Crippen molar-refractivity contribution in [2.75, 3.05) is 20.3 Å². The van der Waals surface area contributed by atoms with E-state index in [4.69, 9.17) is 0 Å². The van der Waals surface area contributed by atoms with Gasteiger partial charge in [0.25, 0.3) is 5.91 Å². The number of ketones is 1. The van der Waals surface area contributed by atoms with Crippen molar-refractivity contribution in [2.24, 2.45) is 0 Å². The lowest BCUT2D eigenvalue weighted by Crippen LogP contribution is -2.37. The molecular weight excluding hydrogens is 212 g/mol. The summed E-state index contributed by atoms with van der Waals surface area (Å²) in [7, 11) is 1.39. The Labute approximate surface area is 93.9 Å². The minimum Gasteiger partial charge on any atom is -0.377 e. The maximum atomic E-state index is 11.7. The van der Waals surface area contributed by atoms with Gasteiger partial charge in [0.15, 0.2) is 5.78 Å². The van der Waals surface area contributed by atoms with Crippen LogP contribution >= 0.6 is 0 Å². The van der Waals surface area contributed by atoms with Crippen LogP contribution in [0.1, 0.15) is 19.8 Å². The van der Waals surface area contributed by atoms with Gasteiger partial charge in [-0.15, -0.1) is 0 Å². The van der Waals surface area contributed by atoms with Crippen LogP contribution in [-0.2, 0) is 14.3 Å². The molecule has 0 aromatic heterocycles. The molecule has 0 aliphatic carbocycles. The number of nitrogens with one attached hydrogen (secondary N) is 1. The Morgan fingerprint density at radius 3 is 2.75 bits per heavy atom. The van der Waals surface area contributed by atoms with Gasteiger partial charge in [0.05, 0.1) is 6.54 Å². The molecule has 1 unspecified atom stereocenters. The summed E-state index contributed by atoms with van der Waals surface area (Å²) in [5.41, 5.74) is 0. The highest BCUT2D eigenvalue weighted by molar-refractivity contribution is 6.06. The van der Waals surface area contributed by atoms with Gasteiger partial charge in [-0.3, -0.25) is 14.5 Å². The lowest BCUT2D eigenvalue weighted by Gasteiger charge is -2.11. The van der Waals surface area contributed by atoms with E-state index in [1.165, 1.54) is 7.11 Å². The third kappa shape index (κ3) is 2.79. The first kappa shape index (κ1) is 12.6. The van der Waals surface area contributed by atoms with Gasteiger partial charge >= 0.3 is 6.03 Å². The largest absolute Gasteiger partial charge is 0.377 e. The second-order valence-electron chi connectivity index (χ2n) is 3.69. The summed E-state index contributed by atoms with van der Waals surface area (Å²) in [6.45, 7) is 1.63. The molecule has 3 amide bonds. The second kappa shape index (κ2) is 5.60. The predicted octanol–water partition coefficient (Wildman–Crippen LogP) is -0.0776. The number of urea groups is 1. The average molecular weight is 228 g/mol. The molecule has 0 aromatic rings. The number of carbonyl (C=O) groups excluding carboxylic acids is 3. The zero-order chi connectivity index (χ0) is 12.1. The lowest BCUT2D eigenvalue weighted by atomic mass is 10.1. The Morgan fingerprint density at radius 1 is 1.50 bits per heavy atom. The van der Waals surface area contributed by atoms with E-state index in [1.807, 2.05) is 6.92 Å². The van der Waals surface area contributed by atoms with E-state index in [-0.39, 0.29) is 24.8 Å². The van der Waals surface area contributed by atoms with Crippen LogP contribution in [0.3, 0.4) is 0 Å². The van der Waals surface area contributed by atoms with Crippen LogP contribution in [-0.4, -0.2) is 48.9 Å². The Balaban J connectivity index is 2.57. The summed E-state index contributed by atoms with van der Waals surface area (Å²) in [4.78, 5) is 35.3. The van der Waals surface area contributed by atoms with Crippen molar-refractivity contribution in [3.63, 3.8) is 0 Å². The van der Waals surface area contributed by atoms with E-state index in [1.54, 1.807) is 0 Å². The fourth-order valence-electron chi connectivity index (χ4n) is 1.59. The average Bonchev–Trinajstić information content (AvgIpc) is 2.47. The molecule has 1 N–H and O–H groups in total. The van der Waals surface area contributed by atoms with Crippen molar-refractivity contribution in [2.45, 2.75) is 25.8 Å². The molecule has 0 saturated carbocycles. The van der Waals surface area contributed by atoms with Crippen molar-refractivity contribution in [3.8, 4) is 0 Å². The highest BCUT2D eigenvalue weighted by atomic mass is 16.5. The molecule has 6 heteroatoms.